The number of fused-ring (bicyclic) bond motifs is 4. The molecular weight excluding hydrogens is 525 g/mol. The Kier molecular flexibility index (Phi) is 8.40. The molecule has 0 saturated heterocycles. The molecular formula is C31H42N2S3Si. The molecule has 4 heterocycles. The Morgan fingerprint density at radius 2 is 1.54 bits per heavy atom. The third-order valence-electron chi connectivity index (χ3n) is 8.64. The molecule has 1 aliphatic rings. The summed E-state index contributed by atoms with van der Waals surface area (Å²) < 4.78 is 9.38. The van der Waals surface area contributed by atoms with Gasteiger partial charge in [0.2, 0.25) is 0 Å². The molecule has 0 aliphatic carbocycles. The minimum atomic E-state index is -1.89. The SMILES string of the molecule is CCCCC(C)C[Si]1(CC(CC)CCCC)c2cc(C)sc2-c2sc(-c3ccc(C)c4nsnc34)cc21. The maximum absolute atomic E-state index is 4.75. The highest BCUT2D eigenvalue weighted by Crippen LogP contribution is 2.47. The highest BCUT2D eigenvalue weighted by atomic mass is 32.1. The lowest BCUT2D eigenvalue weighted by atomic mass is 10.0. The van der Waals surface area contributed by atoms with E-state index in [1.165, 1.54) is 89.6 Å². The van der Waals surface area contributed by atoms with Gasteiger partial charge in [-0.2, -0.15) is 8.75 Å². The number of hydrogen-bond acceptors (Lipinski definition) is 5. The van der Waals surface area contributed by atoms with Crippen LogP contribution in [0.2, 0.25) is 12.1 Å². The topological polar surface area (TPSA) is 25.8 Å². The number of rotatable bonds is 12. The molecule has 2 nitrogen and oxygen atoms in total. The first-order valence-electron chi connectivity index (χ1n) is 14.4. The van der Waals surface area contributed by atoms with Gasteiger partial charge in [-0.25, -0.2) is 0 Å². The van der Waals surface area contributed by atoms with E-state index in [9.17, 15) is 0 Å². The van der Waals surface area contributed by atoms with Crippen molar-refractivity contribution in [3.8, 4) is 20.2 Å². The highest BCUT2D eigenvalue weighted by Gasteiger charge is 2.49. The van der Waals surface area contributed by atoms with Crippen LogP contribution < -0.4 is 10.4 Å². The zero-order valence-electron chi connectivity index (χ0n) is 23.4. The van der Waals surface area contributed by atoms with E-state index in [1.54, 1.807) is 20.1 Å². The van der Waals surface area contributed by atoms with E-state index >= 15 is 0 Å². The van der Waals surface area contributed by atoms with Crippen LogP contribution in [0.5, 0.6) is 0 Å². The van der Waals surface area contributed by atoms with Gasteiger partial charge in [-0.3, -0.25) is 0 Å². The van der Waals surface area contributed by atoms with Gasteiger partial charge in [0.15, 0.2) is 0 Å². The van der Waals surface area contributed by atoms with E-state index in [4.69, 9.17) is 4.37 Å². The maximum Gasteiger partial charge on any atom is 0.122 e. The molecule has 37 heavy (non-hydrogen) atoms. The van der Waals surface area contributed by atoms with Gasteiger partial charge in [-0.1, -0.05) is 84.8 Å². The number of benzene rings is 1. The van der Waals surface area contributed by atoms with Crippen molar-refractivity contribution in [1.29, 1.82) is 0 Å². The number of thiophene rings is 2. The van der Waals surface area contributed by atoms with Crippen molar-refractivity contribution in [1.82, 2.24) is 8.75 Å². The molecule has 198 valence electrons. The van der Waals surface area contributed by atoms with Crippen LogP contribution in [-0.2, 0) is 0 Å². The van der Waals surface area contributed by atoms with E-state index < -0.39 is 8.07 Å². The summed E-state index contributed by atoms with van der Waals surface area (Å²) in [4.78, 5) is 6.11. The van der Waals surface area contributed by atoms with Crippen LogP contribution in [0.1, 0.15) is 83.1 Å². The number of aryl methyl sites for hydroxylation is 2. The van der Waals surface area contributed by atoms with E-state index in [-0.39, 0.29) is 0 Å². The normalized spacial score (nSPS) is 18.3. The monoisotopic (exact) mass is 566 g/mol. The fourth-order valence-corrected chi connectivity index (χ4v) is 17.5. The molecule has 3 aromatic heterocycles. The number of hydrogen-bond donors (Lipinski definition) is 0. The standard InChI is InChI=1S/C31H42N2S3Si/c1-7-10-12-20(4)18-37(19-23(9-3)13-11-8-2)26-16-22(6)34-30(26)31-27(37)17-25(35-31)24-15-14-21(5)28-29(24)33-36-32-28/h14-17,20,23H,7-13,18-19H2,1-6H3. The molecule has 0 N–H and O–H groups in total. The first-order chi connectivity index (χ1) is 17.9. The molecule has 5 rings (SSSR count). The summed E-state index contributed by atoms with van der Waals surface area (Å²) in [5.41, 5.74) is 4.67. The average Bonchev–Trinajstić information content (AvgIpc) is 3.66. The molecule has 3 unspecified atom stereocenters. The zero-order chi connectivity index (χ0) is 26.2. The van der Waals surface area contributed by atoms with Crippen molar-refractivity contribution in [3.63, 3.8) is 0 Å². The van der Waals surface area contributed by atoms with Crippen molar-refractivity contribution < 1.29 is 0 Å². The molecule has 0 spiro atoms. The predicted octanol–water partition coefficient (Wildman–Crippen LogP) is 9.68. The van der Waals surface area contributed by atoms with Gasteiger partial charge in [-0.15, -0.1) is 22.7 Å². The summed E-state index contributed by atoms with van der Waals surface area (Å²) in [5.74, 6) is 1.62. The average molecular weight is 567 g/mol. The molecule has 0 saturated carbocycles. The van der Waals surface area contributed by atoms with Gasteiger partial charge >= 0.3 is 0 Å². The van der Waals surface area contributed by atoms with Gasteiger partial charge in [0, 0.05) is 25.1 Å². The van der Waals surface area contributed by atoms with Gasteiger partial charge in [-0.05, 0) is 65.8 Å². The van der Waals surface area contributed by atoms with Gasteiger partial charge in [0.25, 0.3) is 0 Å². The van der Waals surface area contributed by atoms with Crippen molar-refractivity contribution in [3.05, 3.63) is 34.7 Å². The third kappa shape index (κ3) is 5.04. The molecule has 0 radical (unpaired) electrons. The van der Waals surface area contributed by atoms with E-state index in [0.717, 1.165) is 22.9 Å². The van der Waals surface area contributed by atoms with Gasteiger partial charge < -0.3 is 0 Å². The second-order valence-electron chi connectivity index (χ2n) is 11.5. The number of aromatic nitrogens is 2. The highest BCUT2D eigenvalue weighted by molar-refractivity contribution is 7.30. The van der Waals surface area contributed by atoms with E-state index in [1.807, 2.05) is 11.3 Å². The van der Waals surface area contributed by atoms with Crippen LogP contribution in [0.15, 0.2) is 24.3 Å². The largest absolute Gasteiger partial charge is 0.173 e. The summed E-state index contributed by atoms with van der Waals surface area (Å²) in [5, 5.41) is 3.54. The van der Waals surface area contributed by atoms with Gasteiger partial charge in [0.05, 0.1) is 11.7 Å². The lowest BCUT2D eigenvalue weighted by Crippen LogP contribution is -2.56. The first-order valence-corrected chi connectivity index (χ1v) is 19.2. The lowest BCUT2D eigenvalue weighted by molar-refractivity contribution is 0.482. The second-order valence-corrected chi connectivity index (χ2v) is 18.4. The predicted molar refractivity (Wildman–Crippen MR) is 170 cm³/mol. The maximum atomic E-state index is 4.75. The Morgan fingerprint density at radius 1 is 0.838 bits per heavy atom. The van der Waals surface area contributed by atoms with Crippen LogP contribution in [-0.4, -0.2) is 16.8 Å². The van der Waals surface area contributed by atoms with Crippen molar-refractivity contribution in [2.45, 2.75) is 98.6 Å². The van der Waals surface area contributed by atoms with E-state index in [2.05, 4.69) is 81.5 Å². The van der Waals surface area contributed by atoms with Crippen molar-refractivity contribution in [2.75, 3.05) is 0 Å². The Hall–Kier alpha value is -1.34. The lowest BCUT2D eigenvalue weighted by Gasteiger charge is -2.35. The minimum absolute atomic E-state index is 0.784. The quantitative estimate of drug-likeness (QED) is 0.160. The Bertz CT molecular complexity index is 1370. The smallest absolute Gasteiger partial charge is 0.122 e. The number of unbranched alkanes of at least 4 members (excludes halogenated alkanes) is 2. The molecule has 0 fully saturated rings. The Labute approximate surface area is 236 Å². The summed E-state index contributed by atoms with van der Waals surface area (Å²) in [7, 11) is -1.89. The Balaban J connectivity index is 1.66. The summed E-state index contributed by atoms with van der Waals surface area (Å²) in [6, 6.07) is 12.6. The minimum Gasteiger partial charge on any atom is -0.173 e. The van der Waals surface area contributed by atoms with Crippen LogP contribution >= 0.6 is 34.4 Å². The fraction of sp³-hybridized carbons (Fsp3) is 0.548. The molecule has 3 atom stereocenters. The summed E-state index contributed by atoms with van der Waals surface area (Å²) >= 11 is 5.44. The molecule has 4 aromatic rings. The van der Waals surface area contributed by atoms with Crippen molar-refractivity contribution >= 4 is 63.9 Å². The van der Waals surface area contributed by atoms with Crippen molar-refractivity contribution in [2.24, 2.45) is 11.8 Å². The van der Waals surface area contributed by atoms with Gasteiger partial charge in [0.1, 0.15) is 19.1 Å². The van der Waals surface area contributed by atoms with E-state index in [0.29, 0.717) is 0 Å². The molecule has 0 amide bonds. The van der Waals surface area contributed by atoms with Crippen LogP contribution in [0.4, 0.5) is 0 Å². The summed E-state index contributed by atoms with van der Waals surface area (Å²) in [6.07, 6.45) is 9.39. The third-order valence-corrected chi connectivity index (χ3v) is 17.4. The molecule has 6 heteroatoms. The van der Waals surface area contributed by atoms with Crippen LogP contribution in [0.25, 0.3) is 31.2 Å². The van der Waals surface area contributed by atoms with Crippen LogP contribution in [0.3, 0.4) is 0 Å². The second kappa shape index (κ2) is 11.4. The molecule has 1 aromatic carbocycles. The molecule has 0 bridgehead atoms. The zero-order valence-corrected chi connectivity index (χ0v) is 26.9. The first kappa shape index (κ1) is 27.2. The fourth-order valence-electron chi connectivity index (χ4n) is 6.63. The van der Waals surface area contributed by atoms with Crippen LogP contribution in [0, 0.1) is 25.7 Å². The Morgan fingerprint density at radius 3 is 2.30 bits per heavy atom. The molecule has 1 aliphatic heterocycles. The number of nitrogens with zero attached hydrogens (tertiary/aromatic N) is 2. The summed E-state index contributed by atoms with van der Waals surface area (Å²) in [6.45, 7) is 14.2.